The average molecular weight is 365 g/mol. The van der Waals surface area contributed by atoms with Crippen molar-refractivity contribution in [2.45, 2.75) is 28.9 Å². The van der Waals surface area contributed by atoms with Gasteiger partial charge in [0.2, 0.25) is 0 Å². The van der Waals surface area contributed by atoms with E-state index in [4.69, 9.17) is 0 Å². The van der Waals surface area contributed by atoms with Gasteiger partial charge in [-0.05, 0) is 42.5 Å². The van der Waals surface area contributed by atoms with Gasteiger partial charge in [0, 0.05) is 5.33 Å². The number of halogens is 1. The quantitative estimate of drug-likeness (QED) is 0.773. The summed E-state index contributed by atoms with van der Waals surface area (Å²) in [7, 11) is -3.36. The van der Waals surface area contributed by atoms with E-state index in [1.807, 2.05) is 30.3 Å². The molecule has 0 radical (unpaired) electrons. The molecule has 21 heavy (non-hydrogen) atoms. The molecule has 110 valence electrons. The maximum Gasteiger partial charge on any atom is 0.184 e. The second-order valence-corrected chi connectivity index (χ2v) is 8.70. The summed E-state index contributed by atoms with van der Waals surface area (Å²) in [5.41, 5.74) is 2.33. The Kier molecular flexibility index (Phi) is 3.93. The first-order valence-electron chi connectivity index (χ1n) is 7.01. The lowest BCUT2D eigenvalue weighted by Crippen LogP contribution is -2.40. The summed E-state index contributed by atoms with van der Waals surface area (Å²) in [6.45, 7) is 0. The minimum absolute atomic E-state index is 0.429. The van der Waals surface area contributed by atoms with Gasteiger partial charge in [-0.1, -0.05) is 58.4 Å². The Morgan fingerprint density at radius 1 is 0.905 bits per heavy atom. The molecule has 1 aliphatic carbocycles. The molecule has 0 spiro atoms. The van der Waals surface area contributed by atoms with Gasteiger partial charge in [-0.15, -0.1) is 0 Å². The lowest BCUT2D eigenvalue weighted by molar-refractivity contribution is 0.508. The van der Waals surface area contributed by atoms with Crippen LogP contribution in [-0.2, 0) is 22.7 Å². The summed E-state index contributed by atoms with van der Waals surface area (Å²) in [6, 6.07) is 16.9. The maximum absolute atomic E-state index is 13.2. The zero-order chi connectivity index (χ0) is 14.9. The number of rotatable bonds is 4. The van der Waals surface area contributed by atoms with E-state index in [9.17, 15) is 8.42 Å². The van der Waals surface area contributed by atoms with Gasteiger partial charge in [-0.3, -0.25) is 0 Å². The number of sulfone groups is 1. The zero-order valence-corrected chi connectivity index (χ0v) is 14.0. The molecule has 1 aliphatic rings. The summed E-state index contributed by atoms with van der Waals surface area (Å²) in [5.74, 6) is 0. The van der Waals surface area contributed by atoms with Crippen LogP contribution >= 0.6 is 15.9 Å². The van der Waals surface area contributed by atoms with Crippen LogP contribution in [0.25, 0.3) is 0 Å². The van der Waals surface area contributed by atoms with Crippen LogP contribution in [0.5, 0.6) is 0 Å². The van der Waals surface area contributed by atoms with Crippen LogP contribution in [0.2, 0.25) is 0 Å². The normalized spacial score (nSPS) is 16.6. The molecule has 0 saturated carbocycles. The number of fused-ring (bicyclic) bond motifs is 1. The van der Waals surface area contributed by atoms with E-state index in [0.29, 0.717) is 29.5 Å². The minimum atomic E-state index is -3.36. The zero-order valence-electron chi connectivity index (χ0n) is 11.6. The van der Waals surface area contributed by atoms with Crippen LogP contribution in [-0.4, -0.2) is 18.5 Å². The van der Waals surface area contributed by atoms with Crippen molar-refractivity contribution < 1.29 is 8.42 Å². The third kappa shape index (κ3) is 2.44. The van der Waals surface area contributed by atoms with Crippen LogP contribution in [0.1, 0.15) is 17.5 Å². The van der Waals surface area contributed by atoms with E-state index in [1.165, 1.54) is 0 Å². The van der Waals surface area contributed by atoms with Crippen LogP contribution in [0, 0.1) is 0 Å². The Morgan fingerprint density at radius 3 is 1.95 bits per heavy atom. The van der Waals surface area contributed by atoms with E-state index >= 15 is 0 Å². The average Bonchev–Trinajstić information content (AvgIpc) is 2.88. The van der Waals surface area contributed by atoms with E-state index < -0.39 is 14.6 Å². The Hall–Kier alpha value is -1.13. The summed E-state index contributed by atoms with van der Waals surface area (Å²) in [4.78, 5) is 0.429. The molecule has 0 bridgehead atoms. The molecule has 0 aliphatic heterocycles. The fraction of sp³-hybridized carbons (Fsp3) is 0.294. The number of hydrogen-bond acceptors (Lipinski definition) is 2. The molecule has 0 atom stereocenters. The topological polar surface area (TPSA) is 34.1 Å². The molecule has 0 unspecified atom stereocenters. The highest BCUT2D eigenvalue weighted by atomic mass is 79.9. The van der Waals surface area contributed by atoms with Gasteiger partial charge in [0.1, 0.15) is 0 Å². The molecule has 2 nitrogen and oxygen atoms in total. The van der Waals surface area contributed by atoms with Crippen molar-refractivity contribution in [3.05, 3.63) is 65.7 Å². The van der Waals surface area contributed by atoms with E-state index in [2.05, 4.69) is 15.9 Å². The van der Waals surface area contributed by atoms with Crippen molar-refractivity contribution in [2.24, 2.45) is 0 Å². The Balaban J connectivity index is 2.09. The van der Waals surface area contributed by atoms with Gasteiger partial charge >= 0.3 is 0 Å². The second kappa shape index (κ2) is 5.58. The fourth-order valence-electron chi connectivity index (χ4n) is 3.18. The number of alkyl halides is 1. The fourth-order valence-corrected chi connectivity index (χ4v) is 6.28. The number of hydrogen-bond donors (Lipinski definition) is 0. The predicted molar refractivity (Wildman–Crippen MR) is 88.6 cm³/mol. The largest absolute Gasteiger partial charge is 0.223 e. The standard InChI is InChI=1S/C17H17BrO2S/c18-11-10-17(12-14-6-4-5-7-15(14)13-17)21(19,20)16-8-2-1-3-9-16/h1-9H,10-13H2. The Morgan fingerprint density at radius 2 is 1.43 bits per heavy atom. The molecular weight excluding hydrogens is 348 g/mol. The summed E-state index contributed by atoms with van der Waals surface area (Å²) in [6.07, 6.45) is 1.83. The maximum atomic E-state index is 13.2. The van der Waals surface area contributed by atoms with Crippen molar-refractivity contribution in [3.63, 3.8) is 0 Å². The molecule has 0 saturated heterocycles. The van der Waals surface area contributed by atoms with Gasteiger partial charge in [0.05, 0.1) is 9.64 Å². The van der Waals surface area contributed by atoms with E-state index in [1.54, 1.807) is 24.3 Å². The Labute approximate surface area is 134 Å². The molecule has 0 fully saturated rings. The lowest BCUT2D eigenvalue weighted by atomic mass is 10.0. The predicted octanol–water partition coefficient (Wildman–Crippen LogP) is 3.78. The SMILES string of the molecule is O=S(=O)(c1ccccc1)C1(CCBr)Cc2ccccc2C1. The molecule has 2 aromatic carbocycles. The summed E-state index contributed by atoms with van der Waals surface area (Å²) < 4.78 is 25.7. The molecule has 0 N–H and O–H groups in total. The smallest absolute Gasteiger partial charge is 0.184 e. The van der Waals surface area contributed by atoms with Crippen molar-refractivity contribution in [3.8, 4) is 0 Å². The highest BCUT2D eigenvalue weighted by Crippen LogP contribution is 2.42. The molecule has 2 aromatic rings. The highest BCUT2D eigenvalue weighted by molar-refractivity contribution is 9.09. The molecule has 0 heterocycles. The van der Waals surface area contributed by atoms with Gasteiger partial charge in [-0.25, -0.2) is 8.42 Å². The van der Waals surface area contributed by atoms with Crippen molar-refractivity contribution in [1.82, 2.24) is 0 Å². The van der Waals surface area contributed by atoms with Crippen molar-refractivity contribution >= 4 is 25.8 Å². The third-order valence-corrected chi connectivity index (χ3v) is 7.24. The van der Waals surface area contributed by atoms with E-state index in [0.717, 1.165) is 11.1 Å². The van der Waals surface area contributed by atoms with Crippen LogP contribution in [0.15, 0.2) is 59.5 Å². The van der Waals surface area contributed by atoms with Gasteiger partial charge < -0.3 is 0 Å². The molecule has 0 aromatic heterocycles. The molecule has 4 heteroatoms. The first kappa shape index (κ1) is 14.8. The highest BCUT2D eigenvalue weighted by Gasteiger charge is 2.48. The van der Waals surface area contributed by atoms with Crippen molar-refractivity contribution in [2.75, 3.05) is 5.33 Å². The van der Waals surface area contributed by atoms with Crippen LogP contribution in [0.3, 0.4) is 0 Å². The van der Waals surface area contributed by atoms with Gasteiger partial charge in [0.15, 0.2) is 9.84 Å². The monoisotopic (exact) mass is 364 g/mol. The number of benzene rings is 2. The summed E-state index contributed by atoms with van der Waals surface area (Å²) in [5, 5.41) is 0.688. The minimum Gasteiger partial charge on any atom is -0.223 e. The lowest BCUT2D eigenvalue weighted by Gasteiger charge is -2.28. The molecule has 3 rings (SSSR count). The van der Waals surface area contributed by atoms with Crippen LogP contribution < -0.4 is 0 Å². The van der Waals surface area contributed by atoms with E-state index in [-0.39, 0.29) is 0 Å². The molecule has 0 amide bonds. The van der Waals surface area contributed by atoms with Crippen molar-refractivity contribution in [1.29, 1.82) is 0 Å². The van der Waals surface area contributed by atoms with Gasteiger partial charge in [-0.2, -0.15) is 0 Å². The van der Waals surface area contributed by atoms with Crippen LogP contribution in [0.4, 0.5) is 0 Å². The van der Waals surface area contributed by atoms with Gasteiger partial charge in [0.25, 0.3) is 0 Å². The first-order chi connectivity index (χ1) is 10.1. The summed E-state index contributed by atoms with van der Waals surface area (Å²) >= 11 is 3.44. The first-order valence-corrected chi connectivity index (χ1v) is 9.62. The molecular formula is C17H17BrO2S. The Bertz CT molecular complexity index is 713. The second-order valence-electron chi connectivity index (χ2n) is 5.56. The third-order valence-electron chi connectivity index (χ3n) is 4.32.